The average molecular weight is 392 g/mol. The van der Waals surface area contributed by atoms with E-state index in [1.54, 1.807) is 0 Å². The van der Waals surface area contributed by atoms with Crippen LogP contribution in [0.4, 0.5) is 5.69 Å². The van der Waals surface area contributed by atoms with E-state index in [9.17, 15) is 13.2 Å². The maximum Gasteiger partial charge on any atom is 0.243 e. The summed E-state index contributed by atoms with van der Waals surface area (Å²) < 4.78 is 37.7. The van der Waals surface area contributed by atoms with E-state index in [0.29, 0.717) is 23.8 Å². The third kappa shape index (κ3) is 5.21. The standard InChI is InChI=1S/C19H24N2O5S/c1-5-26-16-8-6-7-15(11-16)13-21(3)27(23,24)17-9-10-19(25-4)18(12-17)20-14(2)22/h6-12H,5,13H2,1-4H3,(H,20,22). The highest BCUT2D eigenvalue weighted by molar-refractivity contribution is 7.89. The molecule has 0 atom stereocenters. The number of nitrogens with one attached hydrogen (secondary N) is 1. The highest BCUT2D eigenvalue weighted by Crippen LogP contribution is 2.29. The van der Waals surface area contributed by atoms with Gasteiger partial charge in [0, 0.05) is 20.5 Å². The van der Waals surface area contributed by atoms with Crippen molar-refractivity contribution in [1.29, 1.82) is 0 Å². The van der Waals surface area contributed by atoms with E-state index < -0.39 is 10.0 Å². The van der Waals surface area contributed by atoms with Gasteiger partial charge in [0.15, 0.2) is 0 Å². The maximum absolute atomic E-state index is 12.9. The Morgan fingerprint density at radius 3 is 2.56 bits per heavy atom. The fraction of sp³-hybridized carbons (Fsp3) is 0.316. The number of amides is 1. The molecule has 0 aliphatic rings. The molecule has 0 unspecified atom stereocenters. The van der Waals surface area contributed by atoms with Crippen LogP contribution >= 0.6 is 0 Å². The van der Waals surface area contributed by atoms with Crippen LogP contribution in [0.25, 0.3) is 0 Å². The summed E-state index contributed by atoms with van der Waals surface area (Å²) in [6, 6.07) is 11.7. The minimum absolute atomic E-state index is 0.0653. The monoisotopic (exact) mass is 392 g/mol. The average Bonchev–Trinajstić information content (AvgIpc) is 2.61. The van der Waals surface area contributed by atoms with Gasteiger partial charge in [-0.05, 0) is 42.8 Å². The number of hydrogen-bond donors (Lipinski definition) is 1. The zero-order valence-corrected chi connectivity index (χ0v) is 16.7. The summed E-state index contributed by atoms with van der Waals surface area (Å²) in [7, 11) is -0.804. The van der Waals surface area contributed by atoms with Gasteiger partial charge in [-0.2, -0.15) is 4.31 Å². The number of sulfonamides is 1. The van der Waals surface area contributed by atoms with Crippen molar-refractivity contribution in [3.05, 3.63) is 48.0 Å². The smallest absolute Gasteiger partial charge is 0.243 e. The molecule has 0 radical (unpaired) electrons. The van der Waals surface area contributed by atoms with Crippen LogP contribution in [0, 0.1) is 0 Å². The molecule has 0 aliphatic heterocycles. The Hall–Kier alpha value is -2.58. The predicted molar refractivity (Wildman–Crippen MR) is 104 cm³/mol. The molecule has 0 fully saturated rings. The van der Waals surface area contributed by atoms with E-state index in [4.69, 9.17) is 9.47 Å². The van der Waals surface area contributed by atoms with Gasteiger partial charge in [0.1, 0.15) is 11.5 Å². The van der Waals surface area contributed by atoms with Gasteiger partial charge in [0.2, 0.25) is 15.9 Å². The summed E-state index contributed by atoms with van der Waals surface area (Å²) in [6.45, 7) is 3.96. The molecule has 1 amide bonds. The van der Waals surface area contributed by atoms with Crippen molar-refractivity contribution in [3.63, 3.8) is 0 Å². The van der Waals surface area contributed by atoms with Crippen molar-refractivity contribution < 1.29 is 22.7 Å². The molecule has 2 aromatic carbocycles. The highest BCUT2D eigenvalue weighted by Gasteiger charge is 2.22. The van der Waals surface area contributed by atoms with E-state index in [-0.39, 0.29) is 17.3 Å². The molecule has 7 nitrogen and oxygen atoms in total. The van der Waals surface area contributed by atoms with Crippen LogP contribution in [0.3, 0.4) is 0 Å². The van der Waals surface area contributed by atoms with Crippen LogP contribution in [-0.2, 0) is 21.4 Å². The van der Waals surface area contributed by atoms with Gasteiger partial charge < -0.3 is 14.8 Å². The fourth-order valence-corrected chi connectivity index (χ4v) is 3.74. The number of methoxy groups -OCH3 is 1. The van der Waals surface area contributed by atoms with Crippen LogP contribution in [0.5, 0.6) is 11.5 Å². The van der Waals surface area contributed by atoms with E-state index in [2.05, 4.69) is 5.32 Å². The lowest BCUT2D eigenvalue weighted by Crippen LogP contribution is -2.26. The van der Waals surface area contributed by atoms with Gasteiger partial charge in [-0.1, -0.05) is 12.1 Å². The summed E-state index contributed by atoms with van der Waals surface area (Å²) in [5.41, 5.74) is 1.11. The Bertz CT molecular complexity index is 912. The van der Waals surface area contributed by atoms with Gasteiger partial charge in [0.25, 0.3) is 0 Å². The quantitative estimate of drug-likeness (QED) is 0.747. The number of nitrogens with zero attached hydrogens (tertiary/aromatic N) is 1. The Morgan fingerprint density at radius 1 is 1.19 bits per heavy atom. The number of rotatable bonds is 8. The van der Waals surface area contributed by atoms with Crippen molar-refractivity contribution in [1.82, 2.24) is 4.31 Å². The number of benzene rings is 2. The molecular formula is C19H24N2O5S. The second-order valence-corrected chi connectivity index (χ2v) is 7.93. The SMILES string of the molecule is CCOc1cccc(CN(C)S(=O)(=O)c2ccc(OC)c(NC(C)=O)c2)c1. The molecule has 146 valence electrons. The van der Waals surface area contributed by atoms with Crippen LogP contribution in [-0.4, -0.2) is 39.4 Å². The lowest BCUT2D eigenvalue weighted by atomic mass is 10.2. The van der Waals surface area contributed by atoms with E-state index in [1.165, 1.54) is 43.6 Å². The lowest BCUT2D eigenvalue weighted by Gasteiger charge is -2.19. The molecule has 0 aromatic heterocycles. The summed E-state index contributed by atoms with van der Waals surface area (Å²) >= 11 is 0. The van der Waals surface area contributed by atoms with Crippen molar-refractivity contribution in [2.75, 3.05) is 26.1 Å². The number of carbonyl (C=O) groups excluding carboxylic acids is 1. The van der Waals surface area contributed by atoms with Gasteiger partial charge in [-0.15, -0.1) is 0 Å². The topological polar surface area (TPSA) is 84.9 Å². The third-order valence-corrected chi connectivity index (χ3v) is 5.60. The molecule has 1 N–H and O–H groups in total. The second-order valence-electron chi connectivity index (χ2n) is 5.88. The molecule has 2 rings (SSSR count). The summed E-state index contributed by atoms with van der Waals surface area (Å²) in [5, 5.41) is 2.58. The highest BCUT2D eigenvalue weighted by atomic mass is 32.2. The second kappa shape index (κ2) is 8.88. The first kappa shape index (κ1) is 20.7. The van der Waals surface area contributed by atoms with Crippen LogP contribution in [0.2, 0.25) is 0 Å². The van der Waals surface area contributed by atoms with Gasteiger partial charge in [-0.25, -0.2) is 8.42 Å². The number of carbonyl (C=O) groups is 1. The van der Waals surface area contributed by atoms with Gasteiger partial charge >= 0.3 is 0 Å². The molecule has 0 heterocycles. The first-order chi connectivity index (χ1) is 12.8. The van der Waals surface area contributed by atoms with Crippen LogP contribution in [0.1, 0.15) is 19.4 Å². The van der Waals surface area contributed by atoms with Crippen molar-refractivity contribution in [2.24, 2.45) is 0 Å². The Kier molecular flexibility index (Phi) is 6.81. The molecular weight excluding hydrogens is 368 g/mol. The Labute approximate surface area is 160 Å². The van der Waals surface area contributed by atoms with Crippen LogP contribution < -0.4 is 14.8 Å². The predicted octanol–water partition coefficient (Wildman–Crippen LogP) is 2.87. The summed E-state index contributed by atoms with van der Waals surface area (Å²) in [5.74, 6) is 0.762. The third-order valence-electron chi connectivity index (χ3n) is 3.80. The molecule has 0 aliphatic carbocycles. The largest absolute Gasteiger partial charge is 0.495 e. The Morgan fingerprint density at radius 2 is 1.93 bits per heavy atom. The number of anilines is 1. The minimum atomic E-state index is -3.76. The first-order valence-electron chi connectivity index (χ1n) is 8.41. The van der Waals surface area contributed by atoms with E-state index >= 15 is 0 Å². The molecule has 0 spiro atoms. The van der Waals surface area contributed by atoms with E-state index in [1.807, 2.05) is 31.2 Å². The summed E-state index contributed by atoms with van der Waals surface area (Å²) in [4.78, 5) is 11.4. The van der Waals surface area contributed by atoms with Gasteiger partial charge in [-0.3, -0.25) is 4.79 Å². The van der Waals surface area contributed by atoms with Crippen molar-refractivity contribution in [2.45, 2.75) is 25.3 Å². The maximum atomic E-state index is 12.9. The zero-order valence-electron chi connectivity index (χ0n) is 15.9. The van der Waals surface area contributed by atoms with Crippen molar-refractivity contribution in [3.8, 4) is 11.5 Å². The molecule has 2 aromatic rings. The normalized spacial score (nSPS) is 11.3. The molecule has 27 heavy (non-hydrogen) atoms. The molecule has 8 heteroatoms. The molecule has 0 bridgehead atoms. The van der Waals surface area contributed by atoms with Gasteiger partial charge in [0.05, 0.1) is 24.3 Å². The van der Waals surface area contributed by atoms with E-state index in [0.717, 1.165) is 5.56 Å². The number of ether oxygens (including phenoxy) is 2. The lowest BCUT2D eigenvalue weighted by molar-refractivity contribution is -0.114. The molecule has 0 saturated carbocycles. The first-order valence-corrected chi connectivity index (χ1v) is 9.85. The zero-order chi connectivity index (χ0) is 20.0. The Balaban J connectivity index is 2.29. The molecule has 0 saturated heterocycles. The number of hydrogen-bond acceptors (Lipinski definition) is 5. The van der Waals surface area contributed by atoms with Crippen LogP contribution in [0.15, 0.2) is 47.4 Å². The van der Waals surface area contributed by atoms with Crippen molar-refractivity contribution >= 4 is 21.6 Å². The summed E-state index contributed by atoms with van der Waals surface area (Å²) in [6.07, 6.45) is 0. The minimum Gasteiger partial charge on any atom is -0.495 e. The fourth-order valence-electron chi connectivity index (χ4n) is 2.56.